The van der Waals surface area contributed by atoms with E-state index in [2.05, 4.69) is 33.2 Å². The Labute approximate surface area is 121 Å². The first-order chi connectivity index (χ1) is 9.11. The van der Waals surface area contributed by atoms with Crippen LogP contribution in [-0.4, -0.2) is 16.1 Å². The lowest BCUT2D eigenvalue weighted by Gasteiger charge is -2.19. The molecule has 0 amide bonds. The summed E-state index contributed by atoms with van der Waals surface area (Å²) in [5.74, 6) is -0.226. The van der Waals surface area contributed by atoms with Gasteiger partial charge in [0.2, 0.25) is 0 Å². The summed E-state index contributed by atoms with van der Waals surface area (Å²) in [4.78, 5) is 4.15. The number of nitrogens with one attached hydrogen (secondary N) is 1. The van der Waals surface area contributed by atoms with Crippen LogP contribution in [0.15, 0.2) is 35.2 Å². The van der Waals surface area contributed by atoms with Gasteiger partial charge in [0.15, 0.2) is 0 Å². The molecule has 19 heavy (non-hydrogen) atoms. The van der Waals surface area contributed by atoms with Crippen LogP contribution in [0.1, 0.15) is 24.2 Å². The zero-order valence-corrected chi connectivity index (χ0v) is 12.6. The molecule has 102 valence electrons. The normalized spacial score (nSPS) is 12.6. The molecule has 1 N–H and O–H groups in total. The van der Waals surface area contributed by atoms with Crippen LogP contribution in [0.5, 0.6) is 0 Å². The van der Waals surface area contributed by atoms with Gasteiger partial charge in [0.1, 0.15) is 5.82 Å². The lowest BCUT2D eigenvalue weighted by molar-refractivity contribution is 0.519. The molecular formula is C14H17BrFN3. The van der Waals surface area contributed by atoms with Gasteiger partial charge in [-0.1, -0.05) is 28.9 Å². The van der Waals surface area contributed by atoms with Crippen LogP contribution >= 0.6 is 15.9 Å². The molecule has 0 aliphatic heterocycles. The number of likely N-dealkylation sites (N-methyl/N-ethyl adjacent to an activating group) is 1. The third-order valence-electron chi connectivity index (χ3n) is 3.10. The summed E-state index contributed by atoms with van der Waals surface area (Å²) in [6, 6.07) is 4.98. The molecule has 0 spiro atoms. The Morgan fingerprint density at radius 2 is 2.26 bits per heavy atom. The summed E-state index contributed by atoms with van der Waals surface area (Å²) in [7, 11) is 1.98. The highest BCUT2D eigenvalue weighted by molar-refractivity contribution is 9.10. The highest BCUT2D eigenvalue weighted by atomic mass is 79.9. The van der Waals surface area contributed by atoms with Crippen molar-refractivity contribution in [2.45, 2.75) is 19.4 Å². The molecule has 0 saturated heterocycles. The van der Waals surface area contributed by atoms with Gasteiger partial charge in [0.25, 0.3) is 0 Å². The maximum atomic E-state index is 13.1. The Balaban J connectivity index is 2.24. The lowest BCUT2D eigenvalue weighted by atomic mass is 10.0. The average Bonchev–Trinajstić information content (AvgIpc) is 2.78. The van der Waals surface area contributed by atoms with E-state index in [4.69, 9.17) is 0 Å². The van der Waals surface area contributed by atoms with Crippen molar-refractivity contribution in [2.75, 3.05) is 6.54 Å². The Kier molecular flexibility index (Phi) is 4.71. The molecule has 1 atom stereocenters. The molecule has 0 fully saturated rings. The molecule has 1 heterocycles. The van der Waals surface area contributed by atoms with Crippen LogP contribution in [-0.2, 0) is 13.5 Å². The maximum Gasteiger partial charge on any atom is 0.124 e. The fourth-order valence-electron chi connectivity index (χ4n) is 2.14. The molecule has 0 radical (unpaired) electrons. The van der Waals surface area contributed by atoms with Crippen molar-refractivity contribution in [3.8, 4) is 0 Å². The molecule has 1 aromatic heterocycles. The first-order valence-corrected chi connectivity index (χ1v) is 7.04. The van der Waals surface area contributed by atoms with Crippen LogP contribution in [0.2, 0.25) is 0 Å². The van der Waals surface area contributed by atoms with Crippen molar-refractivity contribution in [3.05, 3.63) is 52.3 Å². The number of halogens is 2. The number of nitrogens with zero attached hydrogens (tertiary/aromatic N) is 2. The second-order valence-corrected chi connectivity index (χ2v) is 5.33. The minimum atomic E-state index is -0.226. The molecule has 3 nitrogen and oxygen atoms in total. The maximum absolute atomic E-state index is 13.1. The van der Waals surface area contributed by atoms with E-state index in [1.165, 1.54) is 12.1 Å². The number of imidazole rings is 1. The van der Waals surface area contributed by atoms with Crippen molar-refractivity contribution in [1.29, 1.82) is 0 Å². The Morgan fingerprint density at radius 1 is 1.47 bits per heavy atom. The standard InChI is InChI=1S/C14H17BrFN3/c1-3-18-13(14-8-17-9-19(14)2)6-10-4-5-11(16)7-12(10)15/h4-5,7-9,13,18H,3,6H2,1-2H3. The van der Waals surface area contributed by atoms with Crippen molar-refractivity contribution in [3.63, 3.8) is 0 Å². The average molecular weight is 326 g/mol. The van der Waals surface area contributed by atoms with E-state index in [-0.39, 0.29) is 11.9 Å². The first kappa shape index (κ1) is 14.2. The number of hydrogen-bond acceptors (Lipinski definition) is 2. The molecule has 0 saturated carbocycles. The predicted molar refractivity (Wildman–Crippen MR) is 77.4 cm³/mol. The van der Waals surface area contributed by atoms with Crippen LogP contribution < -0.4 is 5.32 Å². The highest BCUT2D eigenvalue weighted by Crippen LogP contribution is 2.24. The van der Waals surface area contributed by atoms with Crippen molar-refractivity contribution < 1.29 is 4.39 Å². The minimum absolute atomic E-state index is 0.166. The zero-order valence-electron chi connectivity index (χ0n) is 11.0. The second-order valence-electron chi connectivity index (χ2n) is 4.48. The van der Waals surface area contributed by atoms with E-state index < -0.39 is 0 Å². The molecule has 2 rings (SSSR count). The van der Waals surface area contributed by atoms with Crippen LogP contribution in [0.4, 0.5) is 4.39 Å². The lowest BCUT2D eigenvalue weighted by Crippen LogP contribution is -2.25. The molecule has 0 aliphatic carbocycles. The van der Waals surface area contributed by atoms with Gasteiger partial charge >= 0.3 is 0 Å². The molecule has 1 aromatic carbocycles. The van der Waals surface area contributed by atoms with Crippen LogP contribution in [0.25, 0.3) is 0 Å². The number of rotatable bonds is 5. The van der Waals surface area contributed by atoms with Crippen molar-refractivity contribution in [1.82, 2.24) is 14.9 Å². The molecule has 5 heteroatoms. The highest BCUT2D eigenvalue weighted by Gasteiger charge is 2.16. The van der Waals surface area contributed by atoms with Crippen molar-refractivity contribution >= 4 is 15.9 Å². The van der Waals surface area contributed by atoms with Gasteiger partial charge in [0.05, 0.1) is 18.1 Å². The van der Waals surface area contributed by atoms with Crippen LogP contribution in [0, 0.1) is 5.82 Å². The topological polar surface area (TPSA) is 29.9 Å². The third kappa shape index (κ3) is 3.42. The van der Waals surface area contributed by atoms with E-state index >= 15 is 0 Å². The quantitative estimate of drug-likeness (QED) is 0.914. The summed E-state index contributed by atoms with van der Waals surface area (Å²) >= 11 is 3.42. The van der Waals surface area contributed by atoms with Gasteiger partial charge in [-0.3, -0.25) is 0 Å². The summed E-state index contributed by atoms with van der Waals surface area (Å²) in [5.41, 5.74) is 2.20. The van der Waals surface area contributed by atoms with E-state index in [1.54, 1.807) is 6.33 Å². The predicted octanol–water partition coefficient (Wildman–Crippen LogP) is 3.22. The summed E-state index contributed by atoms with van der Waals surface area (Å²) in [6.45, 7) is 2.94. The zero-order chi connectivity index (χ0) is 13.8. The fraction of sp³-hybridized carbons (Fsp3) is 0.357. The first-order valence-electron chi connectivity index (χ1n) is 6.25. The summed E-state index contributed by atoms with van der Waals surface area (Å²) in [6.07, 6.45) is 4.44. The van der Waals surface area contributed by atoms with Gasteiger partial charge in [-0.2, -0.15) is 0 Å². The van der Waals surface area contributed by atoms with Crippen LogP contribution in [0.3, 0.4) is 0 Å². The fourth-order valence-corrected chi connectivity index (χ4v) is 2.65. The van der Waals surface area contributed by atoms with Gasteiger partial charge in [-0.15, -0.1) is 0 Å². The molecule has 0 aliphatic rings. The smallest absolute Gasteiger partial charge is 0.124 e. The van der Waals surface area contributed by atoms with Gasteiger partial charge in [-0.05, 0) is 30.7 Å². The van der Waals surface area contributed by atoms with E-state index in [1.807, 2.05) is 23.9 Å². The second kappa shape index (κ2) is 6.30. The van der Waals surface area contributed by atoms with E-state index in [0.29, 0.717) is 0 Å². The minimum Gasteiger partial charge on any atom is -0.336 e. The van der Waals surface area contributed by atoms with Gasteiger partial charge in [0, 0.05) is 17.7 Å². The SMILES string of the molecule is CCNC(Cc1ccc(F)cc1Br)c1cncn1C. The number of benzene rings is 1. The molecule has 2 aromatic rings. The molecule has 1 unspecified atom stereocenters. The Hall–Kier alpha value is -1.20. The largest absolute Gasteiger partial charge is 0.336 e. The Morgan fingerprint density at radius 3 is 2.84 bits per heavy atom. The monoisotopic (exact) mass is 325 g/mol. The number of hydrogen-bond donors (Lipinski definition) is 1. The molecule has 0 bridgehead atoms. The number of aromatic nitrogens is 2. The number of aryl methyl sites for hydroxylation is 1. The third-order valence-corrected chi connectivity index (χ3v) is 3.84. The van der Waals surface area contributed by atoms with E-state index in [0.717, 1.165) is 28.7 Å². The van der Waals surface area contributed by atoms with Crippen molar-refractivity contribution in [2.24, 2.45) is 7.05 Å². The van der Waals surface area contributed by atoms with Gasteiger partial charge < -0.3 is 9.88 Å². The summed E-state index contributed by atoms with van der Waals surface area (Å²) < 4.78 is 15.9. The van der Waals surface area contributed by atoms with Gasteiger partial charge in [-0.25, -0.2) is 9.37 Å². The Bertz CT molecular complexity index is 553. The molecular weight excluding hydrogens is 309 g/mol. The van der Waals surface area contributed by atoms with E-state index in [9.17, 15) is 4.39 Å². The summed E-state index contributed by atoms with van der Waals surface area (Å²) in [5, 5.41) is 3.44.